The molecule has 11 heteroatoms. The van der Waals surface area contributed by atoms with Crippen LogP contribution in [-0.2, 0) is 13.2 Å². The van der Waals surface area contributed by atoms with Crippen LogP contribution in [0.5, 0.6) is 5.75 Å². The fraction of sp³-hybridized carbons (Fsp3) is 0.217. The van der Waals surface area contributed by atoms with Crippen LogP contribution in [0, 0.1) is 5.82 Å². The zero-order valence-electron chi connectivity index (χ0n) is 18.7. The summed E-state index contributed by atoms with van der Waals surface area (Å²) in [5.41, 5.74) is -0.285. The van der Waals surface area contributed by atoms with E-state index in [1.54, 1.807) is 13.8 Å². The second kappa shape index (κ2) is 8.88. The van der Waals surface area contributed by atoms with Crippen molar-refractivity contribution in [3.63, 3.8) is 0 Å². The summed E-state index contributed by atoms with van der Waals surface area (Å²) in [5, 5.41) is 18.7. The predicted octanol–water partition coefficient (Wildman–Crippen LogP) is 3.08. The van der Waals surface area contributed by atoms with Crippen molar-refractivity contribution in [2.24, 2.45) is 0 Å². The number of hydrogen-bond acceptors (Lipinski definition) is 6. The lowest BCUT2D eigenvalue weighted by Crippen LogP contribution is -2.26. The molecule has 0 bridgehead atoms. The number of aliphatic hydroxyl groups excluding tert-OH is 1. The fourth-order valence-corrected chi connectivity index (χ4v) is 4.01. The van der Waals surface area contributed by atoms with E-state index in [4.69, 9.17) is 16.3 Å². The minimum Gasteiger partial charge on any atom is -0.494 e. The molecule has 1 N–H and O–H groups in total. The molecule has 2 aromatic carbocycles. The molecule has 9 nitrogen and oxygen atoms in total. The number of aliphatic hydroxyl groups is 1. The first-order valence-electron chi connectivity index (χ1n) is 10.3. The number of benzene rings is 2. The number of para-hydroxylation sites is 1. The molecule has 0 aliphatic carbocycles. The highest BCUT2D eigenvalue weighted by Gasteiger charge is 2.22. The Morgan fingerprint density at radius 1 is 1.21 bits per heavy atom. The monoisotopic (exact) mass is 485 g/mol. The van der Waals surface area contributed by atoms with Crippen LogP contribution in [-0.4, -0.2) is 36.3 Å². The summed E-state index contributed by atoms with van der Waals surface area (Å²) in [5.74, 6) is -0.370. The molecule has 2 aromatic heterocycles. The second-order valence-electron chi connectivity index (χ2n) is 7.50. The summed E-state index contributed by atoms with van der Waals surface area (Å²) in [4.78, 5) is 26.3. The second-order valence-corrected chi connectivity index (χ2v) is 7.91. The molecule has 0 atom stereocenters. The number of ether oxygens (including phenoxy) is 1. The van der Waals surface area contributed by atoms with Crippen molar-refractivity contribution in [3.8, 4) is 17.1 Å². The minimum absolute atomic E-state index is 0.0124. The van der Waals surface area contributed by atoms with Crippen molar-refractivity contribution in [1.29, 1.82) is 0 Å². The average molecular weight is 486 g/mol. The van der Waals surface area contributed by atoms with Crippen LogP contribution in [0.4, 0.5) is 4.39 Å². The van der Waals surface area contributed by atoms with E-state index >= 15 is 0 Å². The molecule has 0 aliphatic rings. The van der Waals surface area contributed by atoms with Gasteiger partial charge in [0.25, 0.3) is 5.56 Å². The maximum absolute atomic E-state index is 14.6. The van der Waals surface area contributed by atoms with Gasteiger partial charge in [-0.3, -0.25) is 9.36 Å². The minimum atomic E-state index is -0.717. The number of rotatable bonds is 6. The van der Waals surface area contributed by atoms with E-state index in [1.807, 2.05) is 0 Å². The maximum atomic E-state index is 14.6. The molecule has 0 unspecified atom stereocenters. The molecule has 34 heavy (non-hydrogen) atoms. The third-order valence-corrected chi connectivity index (χ3v) is 5.68. The molecule has 0 saturated carbocycles. The molecule has 4 rings (SSSR count). The number of fused-ring (bicyclic) bond motifs is 1. The van der Waals surface area contributed by atoms with Crippen LogP contribution < -0.4 is 16.0 Å². The number of aromatic nitrogens is 5. The maximum Gasteiger partial charge on any atom is 0.350 e. The molecule has 2 heterocycles. The third-order valence-electron chi connectivity index (χ3n) is 5.38. The lowest BCUT2D eigenvalue weighted by molar-refractivity contribution is 0.264. The molecular weight excluding hydrogens is 465 g/mol. The average Bonchev–Trinajstić information content (AvgIpc) is 3.14. The first-order chi connectivity index (χ1) is 16.2. The Labute approximate surface area is 197 Å². The van der Waals surface area contributed by atoms with Crippen LogP contribution in [0.3, 0.4) is 0 Å². The molecule has 176 valence electrons. The standard InChI is InChI=1S/C23H21ClFN5O4/c1-5-28-19(11-31)26-29(23(28)33)17-9-13-14(10-18(17)34-4)22(32)30(27-20(13)12(2)3)21-15(24)7-6-8-16(21)25/h6-10,31H,2,5,11H2,1,3-4H3. The van der Waals surface area contributed by atoms with Crippen molar-refractivity contribution in [2.75, 3.05) is 7.11 Å². The molecule has 0 saturated heterocycles. The molecule has 0 aliphatic heterocycles. The Balaban J connectivity index is 2.12. The fourth-order valence-electron chi connectivity index (χ4n) is 3.77. The highest BCUT2D eigenvalue weighted by atomic mass is 35.5. The normalized spacial score (nSPS) is 11.2. The summed E-state index contributed by atoms with van der Waals surface area (Å²) in [7, 11) is 1.38. The Morgan fingerprint density at radius 3 is 2.50 bits per heavy atom. The number of methoxy groups -OCH3 is 1. The molecule has 0 fully saturated rings. The Kier molecular flexibility index (Phi) is 6.11. The summed E-state index contributed by atoms with van der Waals surface area (Å²) < 4.78 is 23.4. The van der Waals surface area contributed by atoms with E-state index in [-0.39, 0.29) is 33.4 Å². The predicted molar refractivity (Wildman–Crippen MR) is 127 cm³/mol. The largest absolute Gasteiger partial charge is 0.494 e. The number of halogens is 2. The SMILES string of the molecule is C=C(C)c1nn(-c2c(F)cccc2Cl)c(=O)c2cc(OC)c(-n3nc(CO)n(CC)c3=O)cc12. The van der Waals surface area contributed by atoms with Gasteiger partial charge in [0.05, 0.1) is 23.2 Å². The van der Waals surface area contributed by atoms with Crippen molar-refractivity contribution in [2.45, 2.75) is 27.0 Å². The lowest BCUT2D eigenvalue weighted by atomic mass is 10.1. The van der Waals surface area contributed by atoms with Gasteiger partial charge in [0.1, 0.15) is 23.7 Å². The van der Waals surface area contributed by atoms with Crippen molar-refractivity contribution in [3.05, 3.63) is 80.1 Å². The molecule has 0 radical (unpaired) electrons. The van der Waals surface area contributed by atoms with Crippen molar-refractivity contribution < 1.29 is 14.2 Å². The van der Waals surface area contributed by atoms with Gasteiger partial charge in [-0.05, 0) is 43.7 Å². The number of hydrogen-bond donors (Lipinski definition) is 1. The van der Waals surface area contributed by atoms with Crippen LogP contribution in [0.2, 0.25) is 5.02 Å². The lowest BCUT2D eigenvalue weighted by Gasteiger charge is -2.15. The topological polar surface area (TPSA) is 104 Å². The third kappa shape index (κ3) is 3.61. The van der Waals surface area contributed by atoms with Gasteiger partial charge >= 0.3 is 5.69 Å². The van der Waals surface area contributed by atoms with Crippen LogP contribution >= 0.6 is 11.6 Å². The molecule has 4 aromatic rings. The van der Waals surface area contributed by atoms with Gasteiger partial charge in [-0.25, -0.2) is 9.18 Å². The van der Waals surface area contributed by atoms with Gasteiger partial charge in [0.2, 0.25) is 0 Å². The zero-order chi connectivity index (χ0) is 24.7. The van der Waals surface area contributed by atoms with Gasteiger partial charge in [-0.15, -0.1) is 5.10 Å². The van der Waals surface area contributed by atoms with E-state index in [9.17, 15) is 19.1 Å². The van der Waals surface area contributed by atoms with E-state index in [2.05, 4.69) is 16.8 Å². The molecular formula is C23H21ClFN5O4. The number of allylic oxidation sites excluding steroid dienone is 1. The first kappa shape index (κ1) is 23.4. The van der Waals surface area contributed by atoms with Crippen LogP contribution in [0.1, 0.15) is 25.4 Å². The summed E-state index contributed by atoms with van der Waals surface area (Å²) in [6.07, 6.45) is 0. The summed E-state index contributed by atoms with van der Waals surface area (Å²) in [6, 6.07) is 7.03. The van der Waals surface area contributed by atoms with Crippen LogP contribution in [0.25, 0.3) is 27.7 Å². The quantitative estimate of drug-likeness (QED) is 0.450. The Morgan fingerprint density at radius 2 is 1.94 bits per heavy atom. The highest BCUT2D eigenvalue weighted by molar-refractivity contribution is 6.32. The zero-order valence-corrected chi connectivity index (χ0v) is 19.4. The van der Waals surface area contributed by atoms with E-state index in [0.717, 1.165) is 9.36 Å². The van der Waals surface area contributed by atoms with Gasteiger partial charge < -0.3 is 9.84 Å². The van der Waals surface area contributed by atoms with E-state index < -0.39 is 23.7 Å². The smallest absolute Gasteiger partial charge is 0.350 e. The van der Waals surface area contributed by atoms with Gasteiger partial charge in [-0.2, -0.15) is 14.5 Å². The number of nitrogens with zero attached hydrogens (tertiary/aromatic N) is 5. The molecule has 0 spiro atoms. The van der Waals surface area contributed by atoms with Gasteiger partial charge in [0.15, 0.2) is 11.6 Å². The van der Waals surface area contributed by atoms with Crippen LogP contribution in [0.15, 0.2) is 46.5 Å². The van der Waals surface area contributed by atoms with E-state index in [0.29, 0.717) is 23.2 Å². The summed E-state index contributed by atoms with van der Waals surface area (Å²) >= 11 is 6.19. The first-order valence-corrected chi connectivity index (χ1v) is 10.7. The Hall–Kier alpha value is -3.76. The Bertz CT molecular complexity index is 1550. The molecule has 0 amide bonds. The highest BCUT2D eigenvalue weighted by Crippen LogP contribution is 2.31. The van der Waals surface area contributed by atoms with E-state index in [1.165, 1.54) is 42.0 Å². The van der Waals surface area contributed by atoms with Crippen molar-refractivity contribution >= 4 is 27.9 Å². The van der Waals surface area contributed by atoms with Gasteiger partial charge in [0, 0.05) is 11.9 Å². The van der Waals surface area contributed by atoms with Gasteiger partial charge in [-0.1, -0.05) is 24.2 Å². The summed E-state index contributed by atoms with van der Waals surface area (Å²) in [6.45, 7) is 7.25. The van der Waals surface area contributed by atoms with Crippen molar-refractivity contribution in [1.82, 2.24) is 24.1 Å².